The van der Waals surface area contributed by atoms with Gasteiger partial charge in [0, 0.05) is 23.6 Å². The number of methoxy groups -OCH3 is 1. The van der Waals surface area contributed by atoms with Gasteiger partial charge in [-0.25, -0.2) is 0 Å². The first-order chi connectivity index (χ1) is 9.57. The van der Waals surface area contributed by atoms with Crippen LogP contribution in [0.25, 0.3) is 0 Å². The Labute approximate surface area is 117 Å². The third-order valence-corrected chi connectivity index (χ3v) is 4.47. The van der Waals surface area contributed by atoms with Crippen LogP contribution in [0.5, 0.6) is 0 Å². The summed E-state index contributed by atoms with van der Waals surface area (Å²) >= 11 is 0. The minimum Gasteiger partial charge on any atom is -0.469 e. The Morgan fingerprint density at radius 1 is 1.45 bits per heavy atom. The van der Waals surface area contributed by atoms with Crippen molar-refractivity contribution in [1.82, 2.24) is 0 Å². The molecule has 0 saturated carbocycles. The predicted octanol–water partition coefficient (Wildman–Crippen LogP) is 2.20. The molecule has 0 amide bonds. The summed E-state index contributed by atoms with van der Waals surface area (Å²) in [6.45, 7) is 1.93. The first-order valence-corrected chi connectivity index (χ1v) is 6.72. The number of anilines is 1. The maximum absolute atomic E-state index is 11.9. The molecule has 3 rings (SSSR count). The molecule has 0 fully saturated rings. The highest BCUT2D eigenvalue weighted by Gasteiger charge is 2.52. The topological polar surface area (TPSA) is 55.4 Å². The third kappa shape index (κ3) is 1.68. The molecule has 1 aromatic rings. The van der Waals surface area contributed by atoms with Crippen LogP contribution in [0.15, 0.2) is 35.9 Å². The predicted molar refractivity (Wildman–Crippen MR) is 75.5 cm³/mol. The Balaban J connectivity index is 2.17. The molecule has 4 nitrogen and oxygen atoms in total. The summed E-state index contributed by atoms with van der Waals surface area (Å²) in [4.78, 5) is 23.7. The molecular formula is C16H17NO3. The van der Waals surface area contributed by atoms with Gasteiger partial charge in [-0.3, -0.25) is 9.59 Å². The number of esters is 1. The zero-order chi connectivity index (χ0) is 14.3. The maximum Gasteiger partial charge on any atom is 0.306 e. The van der Waals surface area contributed by atoms with Crippen molar-refractivity contribution >= 4 is 17.4 Å². The van der Waals surface area contributed by atoms with Gasteiger partial charge in [-0.1, -0.05) is 23.8 Å². The fraction of sp³-hybridized carbons (Fsp3) is 0.375. The van der Waals surface area contributed by atoms with Gasteiger partial charge in [-0.2, -0.15) is 0 Å². The highest BCUT2D eigenvalue weighted by Crippen LogP contribution is 2.51. The number of hydrogen-bond donors (Lipinski definition) is 1. The average Bonchev–Trinajstić information content (AvgIpc) is 2.73. The molecule has 0 aromatic heterocycles. The number of ether oxygens (including phenoxy) is 1. The lowest BCUT2D eigenvalue weighted by Crippen LogP contribution is -2.45. The lowest BCUT2D eigenvalue weighted by atomic mass is 9.65. The Bertz CT molecular complexity index is 620. The molecule has 2 aliphatic rings. The van der Waals surface area contributed by atoms with E-state index in [1.807, 2.05) is 31.2 Å². The molecule has 1 aromatic carbocycles. The number of fused-ring (bicyclic) bond motifs is 3. The van der Waals surface area contributed by atoms with Crippen molar-refractivity contribution in [2.75, 3.05) is 12.4 Å². The molecule has 0 radical (unpaired) electrons. The van der Waals surface area contributed by atoms with E-state index in [4.69, 9.17) is 4.74 Å². The van der Waals surface area contributed by atoms with E-state index in [0.29, 0.717) is 6.42 Å². The van der Waals surface area contributed by atoms with Crippen molar-refractivity contribution in [3.8, 4) is 0 Å². The van der Waals surface area contributed by atoms with Gasteiger partial charge in [0.05, 0.1) is 13.5 Å². The standard InChI is InChI=1S/C16H17NO3/c1-10-7-11(18)8-14-16(10,9-15(19)20-2)12-5-3-4-6-13(12)17-14/h3-7,14,17H,8-9H2,1-2H3/t14-,16-/m0/s1. The van der Waals surface area contributed by atoms with E-state index in [9.17, 15) is 9.59 Å². The summed E-state index contributed by atoms with van der Waals surface area (Å²) in [7, 11) is 1.40. The number of hydrogen-bond acceptors (Lipinski definition) is 4. The molecule has 0 saturated heterocycles. The van der Waals surface area contributed by atoms with Crippen LogP contribution in [0.3, 0.4) is 0 Å². The fourth-order valence-electron chi connectivity index (χ4n) is 3.50. The van der Waals surface area contributed by atoms with Crippen LogP contribution in [0.2, 0.25) is 0 Å². The molecule has 0 bridgehead atoms. The minimum absolute atomic E-state index is 0.0727. The van der Waals surface area contributed by atoms with E-state index in [0.717, 1.165) is 16.8 Å². The molecule has 0 spiro atoms. The Morgan fingerprint density at radius 3 is 2.95 bits per heavy atom. The van der Waals surface area contributed by atoms with E-state index in [2.05, 4.69) is 5.32 Å². The number of carbonyl (C=O) groups is 2. The zero-order valence-corrected chi connectivity index (χ0v) is 11.6. The lowest BCUT2D eigenvalue weighted by Gasteiger charge is -2.38. The van der Waals surface area contributed by atoms with Gasteiger partial charge in [-0.05, 0) is 24.6 Å². The first kappa shape index (κ1) is 12.9. The van der Waals surface area contributed by atoms with Crippen molar-refractivity contribution in [2.24, 2.45) is 0 Å². The van der Waals surface area contributed by atoms with Crippen molar-refractivity contribution in [2.45, 2.75) is 31.2 Å². The van der Waals surface area contributed by atoms with Crippen LogP contribution in [0.4, 0.5) is 5.69 Å². The molecule has 20 heavy (non-hydrogen) atoms. The van der Waals surface area contributed by atoms with Gasteiger partial charge < -0.3 is 10.1 Å². The van der Waals surface area contributed by atoms with Gasteiger partial charge in [0.1, 0.15) is 0 Å². The van der Waals surface area contributed by atoms with E-state index in [1.165, 1.54) is 7.11 Å². The Kier molecular flexibility index (Phi) is 2.89. The number of carbonyl (C=O) groups excluding carboxylic acids is 2. The molecule has 1 N–H and O–H groups in total. The highest BCUT2D eigenvalue weighted by molar-refractivity contribution is 5.95. The minimum atomic E-state index is -0.461. The smallest absolute Gasteiger partial charge is 0.306 e. The van der Waals surface area contributed by atoms with Crippen LogP contribution in [0, 0.1) is 0 Å². The van der Waals surface area contributed by atoms with Crippen molar-refractivity contribution < 1.29 is 14.3 Å². The number of nitrogens with one attached hydrogen (secondary N) is 1. The Hall–Kier alpha value is -2.10. The SMILES string of the molecule is COC(=O)C[C@@]12C(C)=CC(=O)C[C@@H]1Nc1ccccc12. The maximum atomic E-state index is 11.9. The van der Waals surface area contributed by atoms with Gasteiger partial charge in [0.15, 0.2) is 5.78 Å². The molecule has 1 heterocycles. The highest BCUT2D eigenvalue weighted by atomic mass is 16.5. The second-order valence-corrected chi connectivity index (χ2v) is 5.46. The zero-order valence-electron chi connectivity index (χ0n) is 11.6. The van der Waals surface area contributed by atoms with Gasteiger partial charge in [0.25, 0.3) is 0 Å². The van der Waals surface area contributed by atoms with E-state index in [-0.39, 0.29) is 24.2 Å². The van der Waals surface area contributed by atoms with Crippen molar-refractivity contribution in [3.05, 3.63) is 41.5 Å². The van der Waals surface area contributed by atoms with Crippen LogP contribution in [-0.4, -0.2) is 24.9 Å². The molecular weight excluding hydrogens is 254 g/mol. The largest absolute Gasteiger partial charge is 0.469 e. The van der Waals surface area contributed by atoms with E-state index in [1.54, 1.807) is 6.08 Å². The summed E-state index contributed by atoms with van der Waals surface area (Å²) in [5, 5.41) is 3.40. The first-order valence-electron chi connectivity index (χ1n) is 6.72. The van der Waals surface area contributed by atoms with Crippen LogP contribution >= 0.6 is 0 Å². The van der Waals surface area contributed by atoms with Gasteiger partial charge in [0.2, 0.25) is 0 Å². The second-order valence-electron chi connectivity index (χ2n) is 5.46. The third-order valence-electron chi connectivity index (χ3n) is 4.47. The summed E-state index contributed by atoms with van der Waals surface area (Å²) < 4.78 is 4.87. The van der Waals surface area contributed by atoms with Crippen molar-refractivity contribution in [3.63, 3.8) is 0 Å². The summed E-state index contributed by atoms with van der Waals surface area (Å²) in [5.74, 6) is -0.149. The summed E-state index contributed by atoms with van der Waals surface area (Å²) in [6, 6.07) is 7.86. The molecule has 4 heteroatoms. The number of rotatable bonds is 2. The quantitative estimate of drug-likeness (QED) is 0.838. The second kappa shape index (κ2) is 4.47. The lowest BCUT2D eigenvalue weighted by molar-refractivity contribution is -0.142. The van der Waals surface area contributed by atoms with E-state index >= 15 is 0 Å². The summed E-state index contributed by atoms with van der Waals surface area (Å²) in [5.41, 5.74) is 2.56. The van der Waals surface area contributed by atoms with Crippen LogP contribution in [-0.2, 0) is 19.7 Å². The molecule has 0 unspecified atom stereocenters. The van der Waals surface area contributed by atoms with Crippen LogP contribution < -0.4 is 5.32 Å². The number of ketones is 1. The van der Waals surface area contributed by atoms with Gasteiger partial charge in [-0.15, -0.1) is 0 Å². The number of benzene rings is 1. The molecule has 2 atom stereocenters. The monoisotopic (exact) mass is 271 g/mol. The summed E-state index contributed by atoms with van der Waals surface area (Å²) in [6.07, 6.45) is 2.33. The fourth-order valence-corrected chi connectivity index (χ4v) is 3.50. The molecule has 104 valence electrons. The normalized spacial score (nSPS) is 27.2. The molecule has 1 aliphatic heterocycles. The molecule has 1 aliphatic carbocycles. The van der Waals surface area contributed by atoms with Crippen molar-refractivity contribution in [1.29, 1.82) is 0 Å². The van der Waals surface area contributed by atoms with E-state index < -0.39 is 5.41 Å². The Morgan fingerprint density at radius 2 is 2.20 bits per heavy atom. The number of allylic oxidation sites excluding steroid dienone is 1. The average molecular weight is 271 g/mol. The van der Waals surface area contributed by atoms with Gasteiger partial charge >= 0.3 is 5.97 Å². The number of para-hydroxylation sites is 1. The van der Waals surface area contributed by atoms with Crippen LogP contribution in [0.1, 0.15) is 25.3 Å².